The van der Waals surface area contributed by atoms with Gasteiger partial charge in [0.05, 0.1) is 5.69 Å². The van der Waals surface area contributed by atoms with Gasteiger partial charge in [0.25, 0.3) is 5.91 Å². The molecule has 0 aromatic heterocycles. The lowest BCUT2D eigenvalue weighted by Crippen LogP contribution is -2.40. The average Bonchev–Trinajstić information content (AvgIpc) is 2.58. The second kappa shape index (κ2) is 7.59. The minimum atomic E-state index is -0.207. The number of nitrogens with zero attached hydrogens (tertiary/aromatic N) is 1. The number of hydrogen-bond acceptors (Lipinski definition) is 3. The molecule has 6 nitrogen and oxygen atoms in total. The summed E-state index contributed by atoms with van der Waals surface area (Å²) >= 11 is 0. The number of urea groups is 1. The Bertz CT molecular complexity index is 680. The van der Waals surface area contributed by atoms with Gasteiger partial charge >= 0.3 is 6.03 Å². The molecule has 0 spiro atoms. The summed E-state index contributed by atoms with van der Waals surface area (Å²) in [5, 5.41) is 5.89. The zero-order valence-electron chi connectivity index (χ0n) is 14.6. The van der Waals surface area contributed by atoms with Gasteiger partial charge in [0, 0.05) is 18.3 Å². The monoisotopic (exact) mass is 343 g/mol. The molecule has 25 heavy (non-hydrogen) atoms. The van der Waals surface area contributed by atoms with Crippen LogP contribution in [0.5, 0.6) is 5.75 Å². The lowest BCUT2D eigenvalue weighted by molar-refractivity contribution is -0.121. The first-order valence-corrected chi connectivity index (χ1v) is 8.82. The number of ether oxygens (including phenoxy) is 1. The lowest BCUT2D eigenvalue weighted by Gasteiger charge is -2.30. The Balaban J connectivity index is 1.70. The Labute approximate surface area is 148 Å². The molecule has 0 atom stereocenters. The van der Waals surface area contributed by atoms with E-state index in [0.717, 1.165) is 18.4 Å². The molecular formula is C19H25N3O3. The van der Waals surface area contributed by atoms with Crippen molar-refractivity contribution in [3.05, 3.63) is 30.4 Å². The highest BCUT2D eigenvalue weighted by atomic mass is 16.5. The molecule has 1 aliphatic heterocycles. The summed E-state index contributed by atoms with van der Waals surface area (Å²) in [6, 6.07) is 5.38. The zero-order valence-corrected chi connectivity index (χ0v) is 14.6. The third-order valence-corrected chi connectivity index (χ3v) is 4.53. The molecule has 0 saturated heterocycles. The van der Waals surface area contributed by atoms with Crippen molar-refractivity contribution < 1.29 is 14.3 Å². The van der Waals surface area contributed by atoms with Gasteiger partial charge in [0.2, 0.25) is 0 Å². The number of anilines is 2. The normalized spacial score (nSPS) is 17.5. The minimum Gasteiger partial charge on any atom is -0.482 e. The van der Waals surface area contributed by atoms with Gasteiger partial charge in [0.15, 0.2) is 6.61 Å². The van der Waals surface area contributed by atoms with E-state index in [-0.39, 0.29) is 24.6 Å². The predicted molar refractivity (Wildman–Crippen MR) is 98.1 cm³/mol. The van der Waals surface area contributed by atoms with E-state index in [1.54, 1.807) is 23.1 Å². The second-order valence-corrected chi connectivity index (χ2v) is 6.84. The number of nitrogens with one attached hydrogen (secondary N) is 2. The average molecular weight is 343 g/mol. The van der Waals surface area contributed by atoms with Crippen LogP contribution in [0.25, 0.3) is 0 Å². The van der Waals surface area contributed by atoms with Crippen molar-refractivity contribution in [1.29, 1.82) is 0 Å². The van der Waals surface area contributed by atoms with Crippen LogP contribution in [-0.2, 0) is 4.79 Å². The van der Waals surface area contributed by atoms with Crippen molar-refractivity contribution in [2.75, 3.05) is 23.4 Å². The van der Waals surface area contributed by atoms with E-state index in [9.17, 15) is 9.59 Å². The van der Waals surface area contributed by atoms with Crippen molar-refractivity contribution in [2.24, 2.45) is 0 Å². The molecule has 2 aliphatic rings. The molecule has 6 heteroatoms. The molecule has 1 fully saturated rings. The smallest absolute Gasteiger partial charge is 0.319 e. The number of benzene rings is 1. The first-order chi connectivity index (χ1) is 12.0. The predicted octanol–water partition coefficient (Wildman–Crippen LogP) is 3.44. The van der Waals surface area contributed by atoms with Crippen molar-refractivity contribution >= 4 is 23.3 Å². The van der Waals surface area contributed by atoms with Crippen molar-refractivity contribution in [1.82, 2.24) is 5.32 Å². The maximum Gasteiger partial charge on any atom is 0.319 e. The number of carbonyl (C=O) groups excluding carboxylic acids is 2. The van der Waals surface area contributed by atoms with E-state index in [2.05, 4.69) is 17.2 Å². The topological polar surface area (TPSA) is 70.7 Å². The summed E-state index contributed by atoms with van der Waals surface area (Å²) in [5.74, 6) is 0.526. The lowest BCUT2D eigenvalue weighted by atomic mass is 9.96. The minimum absolute atomic E-state index is 0.0230. The van der Waals surface area contributed by atoms with Crippen LogP contribution in [0.4, 0.5) is 16.2 Å². The molecule has 0 radical (unpaired) electrons. The van der Waals surface area contributed by atoms with E-state index in [1.165, 1.54) is 19.3 Å². The number of hydrogen-bond donors (Lipinski definition) is 2. The van der Waals surface area contributed by atoms with Crippen LogP contribution in [0.1, 0.15) is 39.0 Å². The Kier molecular flexibility index (Phi) is 5.26. The number of amides is 3. The summed E-state index contributed by atoms with van der Waals surface area (Å²) in [7, 11) is 0. The van der Waals surface area contributed by atoms with Gasteiger partial charge in [0.1, 0.15) is 5.75 Å². The molecule has 1 aliphatic carbocycles. The van der Waals surface area contributed by atoms with Crippen LogP contribution >= 0.6 is 0 Å². The van der Waals surface area contributed by atoms with E-state index >= 15 is 0 Å². The molecule has 1 aromatic carbocycles. The van der Waals surface area contributed by atoms with E-state index in [1.807, 2.05) is 6.92 Å². The summed E-state index contributed by atoms with van der Waals surface area (Å²) in [6.45, 7) is 6.22. The van der Waals surface area contributed by atoms with Gasteiger partial charge in [-0.25, -0.2) is 4.79 Å². The van der Waals surface area contributed by atoms with Crippen molar-refractivity contribution in [3.63, 3.8) is 0 Å². The maximum absolute atomic E-state index is 12.2. The number of carbonyl (C=O) groups is 2. The fourth-order valence-corrected chi connectivity index (χ4v) is 3.32. The van der Waals surface area contributed by atoms with Gasteiger partial charge in [-0.3, -0.25) is 4.79 Å². The summed E-state index contributed by atoms with van der Waals surface area (Å²) in [4.78, 5) is 26.0. The first-order valence-electron chi connectivity index (χ1n) is 8.82. The van der Waals surface area contributed by atoms with Crippen LogP contribution in [0.2, 0.25) is 0 Å². The Morgan fingerprint density at radius 1 is 1.32 bits per heavy atom. The van der Waals surface area contributed by atoms with Gasteiger partial charge in [-0.2, -0.15) is 0 Å². The largest absolute Gasteiger partial charge is 0.482 e. The maximum atomic E-state index is 12.2. The molecular weight excluding hydrogens is 318 g/mol. The zero-order chi connectivity index (χ0) is 17.8. The molecule has 3 rings (SSSR count). The van der Waals surface area contributed by atoms with Gasteiger partial charge in [-0.15, -0.1) is 0 Å². The SMILES string of the molecule is C=C(C)CN1C(=O)COc2ccc(NC(=O)NC3CCCCC3)cc21. The molecule has 3 amide bonds. The molecule has 0 bridgehead atoms. The summed E-state index contributed by atoms with van der Waals surface area (Å²) in [6.07, 6.45) is 5.65. The summed E-state index contributed by atoms with van der Waals surface area (Å²) in [5.41, 5.74) is 2.18. The fraction of sp³-hybridized carbons (Fsp3) is 0.474. The van der Waals surface area contributed by atoms with Crippen molar-refractivity contribution in [3.8, 4) is 5.75 Å². The van der Waals surface area contributed by atoms with Gasteiger partial charge < -0.3 is 20.3 Å². The molecule has 1 aromatic rings. The fourth-order valence-electron chi connectivity index (χ4n) is 3.32. The third-order valence-electron chi connectivity index (χ3n) is 4.53. The number of rotatable bonds is 4. The van der Waals surface area contributed by atoms with Crippen LogP contribution < -0.4 is 20.3 Å². The molecule has 2 N–H and O–H groups in total. The van der Waals surface area contributed by atoms with Crippen LogP contribution in [0.15, 0.2) is 30.4 Å². The van der Waals surface area contributed by atoms with Crippen molar-refractivity contribution in [2.45, 2.75) is 45.1 Å². The molecule has 1 heterocycles. The highest BCUT2D eigenvalue weighted by molar-refractivity contribution is 5.99. The van der Waals surface area contributed by atoms with E-state index < -0.39 is 0 Å². The van der Waals surface area contributed by atoms with E-state index in [0.29, 0.717) is 23.7 Å². The summed E-state index contributed by atoms with van der Waals surface area (Å²) < 4.78 is 5.48. The van der Waals surface area contributed by atoms with Crippen LogP contribution in [0.3, 0.4) is 0 Å². The molecule has 134 valence electrons. The first kappa shape index (κ1) is 17.3. The Hall–Kier alpha value is -2.50. The molecule has 1 saturated carbocycles. The van der Waals surface area contributed by atoms with Gasteiger partial charge in [-0.1, -0.05) is 31.4 Å². The highest BCUT2D eigenvalue weighted by Gasteiger charge is 2.26. The van der Waals surface area contributed by atoms with E-state index in [4.69, 9.17) is 4.74 Å². The van der Waals surface area contributed by atoms with Crippen LogP contribution in [0, 0.1) is 0 Å². The standard InChI is InChI=1S/C19H25N3O3/c1-13(2)11-22-16-10-15(8-9-17(16)25-12-18(22)23)21-19(24)20-14-6-4-3-5-7-14/h8-10,14H,1,3-7,11-12H2,2H3,(H2,20,21,24). The Morgan fingerprint density at radius 3 is 2.80 bits per heavy atom. The van der Waals surface area contributed by atoms with Gasteiger partial charge in [-0.05, 0) is 38.0 Å². The highest BCUT2D eigenvalue weighted by Crippen LogP contribution is 2.35. The quantitative estimate of drug-likeness (QED) is 0.823. The Morgan fingerprint density at radius 2 is 2.08 bits per heavy atom. The number of fused-ring (bicyclic) bond motifs is 1. The molecule has 0 unspecified atom stereocenters. The third kappa shape index (κ3) is 4.32. The van der Waals surface area contributed by atoms with Crippen LogP contribution in [-0.4, -0.2) is 31.1 Å². The second-order valence-electron chi connectivity index (χ2n) is 6.84.